The maximum absolute atomic E-state index is 12.5. The van der Waals surface area contributed by atoms with Crippen molar-refractivity contribution >= 4 is 0 Å². The van der Waals surface area contributed by atoms with Gasteiger partial charge in [0.25, 0.3) is 5.56 Å². The molecule has 3 rings (SSSR count). The second-order valence-electron chi connectivity index (χ2n) is 6.19. The number of aromatic nitrogens is 1. The summed E-state index contributed by atoms with van der Waals surface area (Å²) < 4.78 is 5.46. The van der Waals surface area contributed by atoms with Crippen LogP contribution in [-0.2, 0) is 0 Å². The van der Waals surface area contributed by atoms with Gasteiger partial charge in [-0.15, -0.1) is 0 Å². The van der Waals surface area contributed by atoms with Crippen LogP contribution in [0.3, 0.4) is 0 Å². The fourth-order valence-electron chi connectivity index (χ4n) is 3.05. The van der Waals surface area contributed by atoms with E-state index in [1.807, 2.05) is 75.4 Å². The van der Waals surface area contributed by atoms with Crippen molar-refractivity contribution in [3.63, 3.8) is 0 Å². The highest BCUT2D eigenvalue weighted by Gasteiger charge is 2.14. The quantitative estimate of drug-likeness (QED) is 0.752. The average Bonchev–Trinajstić information content (AvgIpc) is 2.62. The summed E-state index contributed by atoms with van der Waals surface area (Å²) in [5.41, 5.74) is 5.00. The van der Waals surface area contributed by atoms with E-state index in [0.29, 0.717) is 17.9 Å². The molecular formula is C22H20N2O2. The molecular weight excluding hydrogens is 324 g/mol. The molecule has 130 valence electrons. The van der Waals surface area contributed by atoms with Crippen molar-refractivity contribution in [2.24, 2.45) is 0 Å². The molecule has 0 radical (unpaired) electrons. The zero-order valence-electron chi connectivity index (χ0n) is 15.1. The van der Waals surface area contributed by atoms with E-state index in [4.69, 9.17) is 4.74 Å². The van der Waals surface area contributed by atoms with Crippen molar-refractivity contribution in [1.29, 1.82) is 5.26 Å². The summed E-state index contributed by atoms with van der Waals surface area (Å²) in [4.78, 5) is 15.3. The van der Waals surface area contributed by atoms with Crippen LogP contribution in [0, 0.1) is 25.2 Å². The van der Waals surface area contributed by atoms with Crippen LogP contribution < -0.4 is 10.3 Å². The van der Waals surface area contributed by atoms with Gasteiger partial charge in [-0.05, 0) is 67.8 Å². The third kappa shape index (κ3) is 3.38. The first-order valence-electron chi connectivity index (χ1n) is 8.51. The molecule has 0 unspecified atom stereocenters. The van der Waals surface area contributed by atoms with E-state index in [9.17, 15) is 10.1 Å². The van der Waals surface area contributed by atoms with Crippen LogP contribution in [0.25, 0.3) is 22.4 Å². The second-order valence-corrected chi connectivity index (χ2v) is 6.19. The van der Waals surface area contributed by atoms with E-state index in [1.54, 1.807) is 0 Å². The highest BCUT2D eigenvalue weighted by molar-refractivity contribution is 5.77. The minimum absolute atomic E-state index is 0.131. The molecule has 4 nitrogen and oxygen atoms in total. The SMILES string of the molecule is CCOc1ccc(-c2cc(-c3ccc(C)cc3C)c(C#N)c(=O)[nH]2)cc1. The Morgan fingerprint density at radius 2 is 1.77 bits per heavy atom. The maximum Gasteiger partial charge on any atom is 0.266 e. The minimum Gasteiger partial charge on any atom is -0.494 e. The average molecular weight is 344 g/mol. The van der Waals surface area contributed by atoms with E-state index in [2.05, 4.69) is 4.98 Å². The van der Waals surface area contributed by atoms with Gasteiger partial charge in [0, 0.05) is 11.3 Å². The number of aromatic amines is 1. The molecule has 0 atom stereocenters. The minimum atomic E-state index is -0.381. The number of aryl methyl sites for hydroxylation is 2. The third-order valence-corrected chi connectivity index (χ3v) is 4.29. The standard InChI is InChI=1S/C22H20N2O2/c1-4-26-17-8-6-16(7-9-17)21-12-19(20(13-23)22(25)24-21)18-10-5-14(2)11-15(18)3/h5-12H,4H2,1-3H3,(H,24,25). The molecule has 0 aliphatic heterocycles. The van der Waals surface area contributed by atoms with Gasteiger partial charge < -0.3 is 9.72 Å². The molecule has 1 N–H and O–H groups in total. The zero-order chi connectivity index (χ0) is 18.7. The first kappa shape index (κ1) is 17.5. The number of nitrogens with one attached hydrogen (secondary N) is 1. The van der Waals surface area contributed by atoms with Gasteiger partial charge >= 0.3 is 0 Å². The van der Waals surface area contributed by atoms with Crippen LogP contribution in [0.2, 0.25) is 0 Å². The van der Waals surface area contributed by atoms with Crippen molar-refractivity contribution < 1.29 is 4.74 Å². The van der Waals surface area contributed by atoms with Crippen LogP contribution in [-0.4, -0.2) is 11.6 Å². The smallest absolute Gasteiger partial charge is 0.266 e. The van der Waals surface area contributed by atoms with Crippen LogP contribution >= 0.6 is 0 Å². The number of ether oxygens (including phenoxy) is 1. The second kappa shape index (κ2) is 7.28. The molecule has 0 aliphatic rings. The summed E-state index contributed by atoms with van der Waals surface area (Å²) in [6.07, 6.45) is 0. The lowest BCUT2D eigenvalue weighted by molar-refractivity contribution is 0.340. The number of hydrogen-bond acceptors (Lipinski definition) is 3. The number of nitrogens with zero attached hydrogens (tertiary/aromatic N) is 1. The van der Waals surface area contributed by atoms with E-state index >= 15 is 0 Å². The van der Waals surface area contributed by atoms with Gasteiger partial charge in [-0.25, -0.2) is 0 Å². The van der Waals surface area contributed by atoms with Gasteiger partial charge in [0.05, 0.1) is 6.61 Å². The number of pyridine rings is 1. The van der Waals surface area contributed by atoms with Crippen LogP contribution in [0.1, 0.15) is 23.6 Å². The molecule has 2 aromatic carbocycles. The normalized spacial score (nSPS) is 10.4. The summed E-state index contributed by atoms with van der Waals surface area (Å²) in [6.45, 7) is 6.54. The van der Waals surface area contributed by atoms with Crippen molar-refractivity contribution in [3.8, 4) is 34.2 Å². The first-order chi connectivity index (χ1) is 12.5. The lowest BCUT2D eigenvalue weighted by Crippen LogP contribution is -2.13. The molecule has 0 bridgehead atoms. The Morgan fingerprint density at radius 1 is 1.04 bits per heavy atom. The molecule has 0 saturated carbocycles. The first-order valence-corrected chi connectivity index (χ1v) is 8.51. The molecule has 0 spiro atoms. The Labute approximate surface area is 152 Å². The maximum atomic E-state index is 12.5. The van der Waals surface area contributed by atoms with E-state index in [-0.39, 0.29) is 11.1 Å². The van der Waals surface area contributed by atoms with Gasteiger partial charge in [0.2, 0.25) is 0 Å². The van der Waals surface area contributed by atoms with Crippen molar-refractivity contribution in [1.82, 2.24) is 4.98 Å². The lowest BCUT2D eigenvalue weighted by atomic mass is 9.94. The number of hydrogen-bond donors (Lipinski definition) is 1. The van der Waals surface area contributed by atoms with E-state index in [0.717, 1.165) is 28.0 Å². The summed E-state index contributed by atoms with van der Waals surface area (Å²) in [6, 6.07) is 17.4. The highest BCUT2D eigenvalue weighted by atomic mass is 16.5. The fraction of sp³-hybridized carbons (Fsp3) is 0.182. The molecule has 3 aromatic rings. The van der Waals surface area contributed by atoms with Crippen LogP contribution in [0.15, 0.2) is 53.3 Å². The van der Waals surface area contributed by atoms with Gasteiger partial charge in [-0.2, -0.15) is 5.26 Å². The number of benzene rings is 2. The lowest BCUT2D eigenvalue weighted by Gasteiger charge is -2.11. The Balaban J connectivity index is 2.16. The number of H-pyrrole nitrogens is 1. The molecule has 0 amide bonds. The summed E-state index contributed by atoms with van der Waals surface area (Å²) in [5.74, 6) is 0.779. The van der Waals surface area contributed by atoms with Crippen molar-refractivity contribution in [2.75, 3.05) is 6.61 Å². The van der Waals surface area contributed by atoms with Gasteiger partial charge in [-0.3, -0.25) is 4.79 Å². The topological polar surface area (TPSA) is 65.9 Å². The predicted molar refractivity (Wildman–Crippen MR) is 103 cm³/mol. The Morgan fingerprint density at radius 3 is 2.38 bits per heavy atom. The largest absolute Gasteiger partial charge is 0.494 e. The van der Waals surface area contributed by atoms with E-state index in [1.165, 1.54) is 0 Å². The van der Waals surface area contributed by atoms with Gasteiger partial charge in [-0.1, -0.05) is 23.8 Å². The van der Waals surface area contributed by atoms with E-state index < -0.39 is 0 Å². The molecule has 0 saturated heterocycles. The van der Waals surface area contributed by atoms with Crippen molar-refractivity contribution in [3.05, 3.63) is 75.6 Å². The molecule has 1 heterocycles. The highest BCUT2D eigenvalue weighted by Crippen LogP contribution is 2.29. The predicted octanol–water partition coefficient (Wildman–Crippen LogP) is 4.60. The third-order valence-electron chi connectivity index (χ3n) is 4.29. The summed E-state index contributed by atoms with van der Waals surface area (Å²) in [5, 5.41) is 9.48. The molecule has 0 fully saturated rings. The summed E-state index contributed by atoms with van der Waals surface area (Å²) in [7, 11) is 0. The molecule has 4 heteroatoms. The Bertz CT molecular complexity index is 1040. The Kier molecular flexibility index (Phi) is 4.90. The molecule has 0 aliphatic carbocycles. The zero-order valence-corrected chi connectivity index (χ0v) is 15.1. The van der Waals surface area contributed by atoms with Gasteiger partial charge in [0.15, 0.2) is 0 Å². The monoisotopic (exact) mass is 344 g/mol. The van der Waals surface area contributed by atoms with Crippen molar-refractivity contribution in [2.45, 2.75) is 20.8 Å². The van der Waals surface area contributed by atoms with Crippen LogP contribution in [0.4, 0.5) is 0 Å². The summed E-state index contributed by atoms with van der Waals surface area (Å²) >= 11 is 0. The fourth-order valence-corrected chi connectivity index (χ4v) is 3.05. The molecule has 1 aromatic heterocycles. The molecule has 26 heavy (non-hydrogen) atoms. The Hall–Kier alpha value is -3.32. The van der Waals surface area contributed by atoms with Crippen LogP contribution in [0.5, 0.6) is 5.75 Å². The number of rotatable bonds is 4. The number of nitriles is 1. The van der Waals surface area contributed by atoms with Gasteiger partial charge in [0.1, 0.15) is 17.4 Å².